The van der Waals surface area contributed by atoms with Gasteiger partial charge in [-0.25, -0.2) is 18.7 Å². The van der Waals surface area contributed by atoms with Crippen molar-refractivity contribution in [2.24, 2.45) is 0 Å². The fraction of sp³-hybridized carbons (Fsp3) is 0.556. The number of nitrogen functional groups attached to an aromatic ring is 1. The zero-order valence-electron chi connectivity index (χ0n) is 14.5. The minimum atomic E-state index is -2.58. The first-order valence-electron chi connectivity index (χ1n) is 8.95. The van der Waals surface area contributed by atoms with E-state index in [4.69, 9.17) is 19.9 Å². The first kappa shape index (κ1) is 17.2. The van der Waals surface area contributed by atoms with Gasteiger partial charge in [-0.05, 0) is 30.9 Å². The predicted octanol–water partition coefficient (Wildman–Crippen LogP) is 3.45. The summed E-state index contributed by atoms with van der Waals surface area (Å²) in [4.78, 5) is 11.2. The van der Waals surface area contributed by atoms with E-state index in [-0.39, 0.29) is 18.8 Å². The van der Waals surface area contributed by atoms with Gasteiger partial charge in [0.15, 0.2) is 11.6 Å². The second-order valence-electron chi connectivity index (χ2n) is 6.88. The molecule has 1 saturated carbocycles. The van der Waals surface area contributed by atoms with E-state index in [2.05, 4.69) is 9.88 Å². The van der Waals surface area contributed by atoms with Gasteiger partial charge in [0.1, 0.15) is 11.6 Å². The zero-order chi connectivity index (χ0) is 18.1. The third kappa shape index (κ3) is 3.38. The van der Waals surface area contributed by atoms with Crippen molar-refractivity contribution in [3.05, 3.63) is 24.0 Å². The van der Waals surface area contributed by atoms with Crippen LogP contribution in [-0.2, 0) is 4.74 Å². The molecule has 0 amide bonds. The van der Waals surface area contributed by atoms with E-state index in [0.717, 1.165) is 11.4 Å². The van der Waals surface area contributed by atoms with Gasteiger partial charge in [0.25, 0.3) is 0 Å². The molecule has 0 aromatic carbocycles. The first-order chi connectivity index (χ1) is 12.5. The number of morpholine rings is 1. The smallest absolute Gasteiger partial charge is 0.248 e. The molecule has 2 N–H and O–H groups in total. The van der Waals surface area contributed by atoms with Gasteiger partial charge < -0.3 is 19.8 Å². The number of hydrogen-bond acceptors (Lipinski definition) is 6. The maximum Gasteiger partial charge on any atom is 0.248 e. The highest BCUT2D eigenvalue weighted by atomic mass is 19.3. The Bertz CT molecular complexity index is 751. The third-order valence-corrected chi connectivity index (χ3v) is 5.13. The summed E-state index contributed by atoms with van der Waals surface area (Å²) in [5, 5.41) is 0. The Balaban J connectivity index is 1.74. The van der Waals surface area contributed by atoms with Gasteiger partial charge in [-0.3, -0.25) is 0 Å². The van der Waals surface area contributed by atoms with Crippen LogP contribution in [0.5, 0.6) is 0 Å². The monoisotopic (exact) mass is 364 g/mol. The number of aromatic nitrogens is 2. The topological polar surface area (TPSA) is 77.4 Å². The second-order valence-corrected chi connectivity index (χ2v) is 6.88. The molecule has 1 aliphatic heterocycles. The number of anilines is 2. The Hall–Kier alpha value is -2.22. The Morgan fingerprint density at radius 1 is 1.15 bits per heavy atom. The SMILES string of the molecule is Nc1nc(-c2ccco2)nc(N2CCOCC2)c1C1CCC(F)(F)CC1. The number of ether oxygens (including phenoxy) is 1. The summed E-state index contributed by atoms with van der Waals surface area (Å²) < 4.78 is 38.0. The highest BCUT2D eigenvalue weighted by Crippen LogP contribution is 2.45. The molecule has 140 valence electrons. The number of rotatable bonds is 3. The molecular weight excluding hydrogens is 342 g/mol. The van der Waals surface area contributed by atoms with Crippen molar-refractivity contribution >= 4 is 11.6 Å². The van der Waals surface area contributed by atoms with Crippen molar-refractivity contribution < 1.29 is 17.9 Å². The van der Waals surface area contributed by atoms with Gasteiger partial charge in [-0.15, -0.1) is 0 Å². The van der Waals surface area contributed by atoms with E-state index in [1.54, 1.807) is 18.4 Å². The van der Waals surface area contributed by atoms with E-state index in [0.29, 0.717) is 56.5 Å². The number of hydrogen-bond donors (Lipinski definition) is 1. The third-order valence-electron chi connectivity index (χ3n) is 5.13. The van der Waals surface area contributed by atoms with E-state index >= 15 is 0 Å². The van der Waals surface area contributed by atoms with Crippen LogP contribution in [0.1, 0.15) is 37.2 Å². The number of furan rings is 1. The summed E-state index contributed by atoms with van der Waals surface area (Å²) in [6.07, 6.45) is 2.08. The summed E-state index contributed by atoms with van der Waals surface area (Å²) in [6.45, 7) is 2.57. The van der Waals surface area contributed by atoms with Crippen molar-refractivity contribution in [3.8, 4) is 11.6 Å². The van der Waals surface area contributed by atoms with Gasteiger partial charge in [0.2, 0.25) is 5.92 Å². The van der Waals surface area contributed by atoms with Crippen LogP contribution in [0.25, 0.3) is 11.6 Å². The van der Waals surface area contributed by atoms with E-state index < -0.39 is 5.92 Å². The lowest BCUT2D eigenvalue weighted by Crippen LogP contribution is -2.38. The summed E-state index contributed by atoms with van der Waals surface area (Å²) >= 11 is 0. The normalized spacial score (nSPS) is 21.1. The molecule has 0 unspecified atom stereocenters. The van der Waals surface area contributed by atoms with Crippen molar-refractivity contribution in [1.29, 1.82) is 0 Å². The highest BCUT2D eigenvalue weighted by Gasteiger charge is 2.38. The lowest BCUT2D eigenvalue weighted by molar-refractivity contribution is -0.0381. The van der Waals surface area contributed by atoms with Gasteiger partial charge >= 0.3 is 0 Å². The van der Waals surface area contributed by atoms with Crippen molar-refractivity contribution in [2.45, 2.75) is 37.5 Å². The lowest BCUT2D eigenvalue weighted by Gasteiger charge is -2.34. The minimum absolute atomic E-state index is 0.0573. The van der Waals surface area contributed by atoms with E-state index in [1.165, 1.54) is 0 Å². The maximum absolute atomic E-state index is 13.6. The van der Waals surface area contributed by atoms with Crippen LogP contribution in [0, 0.1) is 0 Å². The zero-order valence-corrected chi connectivity index (χ0v) is 14.5. The summed E-state index contributed by atoms with van der Waals surface area (Å²) in [7, 11) is 0. The van der Waals surface area contributed by atoms with Gasteiger partial charge in [-0.1, -0.05) is 0 Å². The molecule has 26 heavy (non-hydrogen) atoms. The minimum Gasteiger partial charge on any atom is -0.461 e. The molecular formula is C18H22F2N4O2. The van der Waals surface area contributed by atoms with Crippen LogP contribution in [0.4, 0.5) is 20.4 Å². The average Bonchev–Trinajstić information content (AvgIpc) is 3.17. The molecule has 3 heterocycles. The lowest BCUT2D eigenvalue weighted by atomic mass is 9.82. The van der Waals surface area contributed by atoms with Crippen molar-refractivity contribution in [1.82, 2.24) is 9.97 Å². The number of halogens is 2. The van der Waals surface area contributed by atoms with Gasteiger partial charge in [0.05, 0.1) is 19.5 Å². The van der Waals surface area contributed by atoms with E-state index in [1.807, 2.05) is 0 Å². The molecule has 8 heteroatoms. The summed E-state index contributed by atoms with van der Waals surface area (Å²) in [5.74, 6) is -0.616. The Morgan fingerprint density at radius 2 is 1.88 bits per heavy atom. The second kappa shape index (κ2) is 6.83. The standard InChI is InChI=1S/C18H22F2N4O2/c19-18(20)5-3-12(4-6-18)14-15(21)22-16(13-2-1-9-26-13)23-17(14)24-7-10-25-11-8-24/h1-2,9,12H,3-8,10-11H2,(H2,21,22,23). The molecule has 0 atom stereocenters. The Morgan fingerprint density at radius 3 is 2.54 bits per heavy atom. The van der Waals surface area contributed by atoms with Crippen molar-refractivity contribution in [3.63, 3.8) is 0 Å². The molecule has 2 aromatic rings. The van der Waals surface area contributed by atoms with Crippen LogP contribution in [-0.4, -0.2) is 42.2 Å². The quantitative estimate of drug-likeness (QED) is 0.899. The highest BCUT2D eigenvalue weighted by molar-refractivity contribution is 5.64. The number of nitrogens with two attached hydrogens (primary N) is 1. The number of alkyl halides is 2. The molecule has 1 aliphatic carbocycles. The van der Waals surface area contributed by atoms with Crippen LogP contribution in [0.2, 0.25) is 0 Å². The first-order valence-corrected chi connectivity index (χ1v) is 8.95. The molecule has 2 aliphatic rings. The van der Waals surface area contributed by atoms with Gasteiger partial charge in [0, 0.05) is 31.5 Å². The van der Waals surface area contributed by atoms with E-state index in [9.17, 15) is 8.78 Å². The molecule has 0 spiro atoms. The number of nitrogens with zero attached hydrogens (tertiary/aromatic N) is 3. The molecule has 0 bridgehead atoms. The Kier molecular flexibility index (Phi) is 4.52. The molecule has 2 aromatic heterocycles. The Labute approximate surface area is 150 Å². The van der Waals surface area contributed by atoms with Crippen LogP contribution in [0.15, 0.2) is 22.8 Å². The molecule has 0 radical (unpaired) electrons. The molecule has 4 rings (SSSR count). The molecule has 6 nitrogen and oxygen atoms in total. The fourth-order valence-corrected chi connectivity index (χ4v) is 3.73. The molecule has 1 saturated heterocycles. The molecule has 2 fully saturated rings. The largest absolute Gasteiger partial charge is 0.461 e. The van der Waals surface area contributed by atoms with Crippen molar-refractivity contribution in [2.75, 3.05) is 36.9 Å². The van der Waals surface area contributed by atoms with Crippen LogP contribution < -0.4 is 10.6 Å². The summed E-state index contributed by atoms with van der Waals surface area (Å²) in [5.41, 5.74) is 7.08. The predicted molar refractivity (Wildman–Crippen MR) is 93.3 cm³/mol. The van der Waals surface area contributed by atoms with Crippen LogP contribution >= 0.6 is 0 Å². The maximum atomic E-state index is 13.6. The summed E-state index contributed by atoms with van der Waals surface area (Å²) in [6, 6.07) is 3.54. The fourth-order valence-electron chi connectivity index (χ4n) is 3.73. The average molecular weight is 364 g/mol. The van der Waals surface area contributed by atoms with Gasteiger partial charge in [-0.2, -0.15) is 0 Å². The van der Waals surface area contributed by atoms with Crippen LogP contribution in [0.3, 0.4) is 0 Å².